The van der Waals surface area contributed by atoms with Crippen molar-refractivity contribution in [2.45, 2.75) is 37.6 Å². The van der Waals surface area contributed by atoms with Gasteiger partial charge in [0.1, 0.15) is 0 Å². The summed E-state index contributed by atoms with van der Waals surface area (Å²) in [5.74, 6) is -0.158. The third kappa shape index (κ3) is 5.98. The third-order valence-corrected chi connectivity index (χ3v) is 7.35. The number of benzene rings is 2. The number of nitrogens with zero attached hydrogens (tertiary/aromatic N) is 2. The van der Waals surface area contributed by atoms with E-state index < -0.39 is 10.0 Å². The summed E-state index contributed by atoms with van der Waals surface area (Å²) < 4.78 is 27.6. The van der Waals surface area contributed by atoms with E-state index in [1.165, 1.54) is 5.56 Å². The second-order valence-electron chi connectivity index (χ2n) is 8.15. The van der Waals surface area contributed by atoms with Crippen LogP contribution in [0.25, 0.3) is 0 Å². The Bertz CT molecular complexity index is 998. The molecule has 7 nitrogen and oxygen atoms in total. The number of hydrogen-bond acceptors (Lipinski definition) is 5. The quantitative estimate of drug-likeness (QED) is 0.654. The molecule has 2 aromatic rings. The molecular formula is C23H32N4O3S. The van der Waals surface area contributed by atoms with Crippen LogP contribution in [0.4, 0.5) is 11.4 Å². The molecule has 1 aliphatic rings. The summed E-state index contributed by atoms with van der Waals surface area (Å²) >= 11 is 0. The normalized spacial score (nSPS) is 14.8. The molecular weight excluding hydrogens is 412 g/mol. The van der Waals surface area contributed by atoms with E-state index in [4.69, 9.17) is 0 Å². The van der Waals surface area contributed by atoms with Gasteiger partial charge in [0.05, 0.1) is 22.8 Å². The van der Waals surface area contributed by atoms with Crippen LogP contribution in [0.1, 0.15) is 30.4 Å². The molecule has 0 spiro atoms. The highest BCUT2D eigenvalue weighted by molar-refractivity contribution is 7.89. The minimum absolute atomic E-state index is 0.0555. The Morgan fingerprint density at radius 3 is 2.35 bits per heavy atom. The van der Waals surface area contributed by atoms with E-state index in [1.807, 2.05) is 50.2 Å². The molecule has 0 bridgehead atoms. The number of nitrogens with one attached hydrogen (secondary N) is 2. The zero-order valence-electron chi connectivity index (χ0n) is 18.5. The molecule has 0 atom stereocenters. The van der Waals surface area contributed by atoms with Gasteiger partial charge < -0.3 is 15.5 Å². The molecule has 2 N–H and O–H groups in total. The number of sulfonamides is 1. The Kier molecular flexibility index (Phi) is 7.56. The minimum atomic E-state index is -3.54. The highest BCUT2D eigenvalue weighted by Crippen LogP contribution is 2.29. The van der Waals surface area contributed by atoms with Gasteiger partial charge in [-0.25, -0.2) is 8.42 Å². The zero-order chi connectivity index (χ0) is 22.4. The van der Waals surface area contributed by atoms with E-state index in [9.17, 15) is 13.2 Å². The summed E-state index contributed by atoms with van der Waals surface area (Å²) in [6, 6.07) is 13.1. The molecule has 1 aliphatic heterocycles. The van der Waals surface area contributed by atoms with Crippen molar-refractivity contribution in [2.24, 2.45) is 0 Å². The van der Waals surface area contributed by atoms with Crippen LogP contribution >= 0.6 is 0 Å². The average Bonchev–Trinajstić information content (AvgIpc) is 2.77. The number of hydrogen-bond donors (Lipinski definition) is 2. The Morgan fingerprint density at radius 2 is 1.71 bits per heavy atom. The fraction of sp³-hybridized carbons (Fsp3) is 0.435. The van der Waals surface area contributed by atoms with Crippen molar-refractivity contribution in [1.29, 1.82) is 0 Å². The van der Waals surface area contributed by atoms with E-state index in [0.29, 0.717) is 25.3 Å². The molecule has 8 heteroatoms. The third-order valence-electron chi connectivity index (χ3n) is 5.45. The molecule has 2 aromatic carbocycles. The predicted molar refractivity (Wildman–Crippen MR) is 125 cm³/mol. The first-order valence-corrected chi connectivity index (χ1v) is 12.1. The monoisotopic (exact) mass is 444 g/mol. The van der Waals surface area contributed by atoms with Crippen molar-refractivity contribution in [1.82, 2.24) is 9.62 Å². The van der Waals surface area contributed by atoms with Crippen molar-refractivity contribution in [3.63, 3.8) is 0 Å². The maximum atomic E-state index is 13.0. The van der Waals surface area contributed by atoms with Gasteiger partial charge in [-0.15, -0.1) is 0 Å². The topological polar surface area (TPSA) is 81.8 Å². The molecule has 1 fully saturated rings. The van der Waals surface area contributed by atoms with Crippen molar-refractivity contribution in [3.8, 4) is 0 Å². The average molecular weight is 445 g/mol. The Balaban J connectivity index is 1.69. The predicted octanol–water partition coefficient (Wildman–Crippen LogP) is 2.96. The highest BCUT2D eigenvalue weighted by atomic mass is 32.2. The van der Waals surface area contributed by atoms with Gasteiger partial charge in [-0.3, -0.25) is 4.79 Å². The molecule has 0 unspecified atom stereocenters. The second-order valence-corrected chi connectivity index (χ2v) is 10.1. The lowest BCUT2D eigenvalue weighted by atomic mass is 10.1. The summed E-state index contributed by atoms with van der Waals surface area (Å²) in [6.07, 6.45) is 2.85. The van der Waals surface area contributed by atoms with Crippen LogP contribution in [0.3, 0.4) is 0 Å². The molecule has 168 valence electrons. The standard InChI is InChI=1S/C23H32N4O3S/c1-18-7-9-19(10-8-18)16-25-23(28)17-24-21-15-20(11-12-22(21)26(2)3)31(29,30)27-13-5-4-6-14-27/h7-12,15,24H,4-6,13-14,16-17H2,1-3H3,(H,25,28). The van der Waals surface area contributed by atoms with Gasteiger partial charge >= 0.3 is 0 Å². The number of carbonyl (C=O) groups excluding carboxylic acids is 1. The van der Waals surface area contributed by atoms with E-state index in [1.54, 1.807) is 22.5 Å². The number of carbonyl (C=O) groups is 1. The molecule has 0 radical (unpaired) electrons. The first-order valence-electron chi connectivity index (χ1n) is 10.6. The van der Waals surface area contributed by atoms with Crippen molar-refractivity contribution >= 4 is 27.3 Å². The van der Waals surface area contributed by atoms with Crippen LogP contribution in [-0.2, 0) is 21.4 Å². The number of aryl methyl sites for hydroxylation is 1. The number of piperidine rings is 1. The maximum Gasteiger partial charge on any atom is 0.243 e. The van der Waals surface area contributed by atoms with Crippen LogP contribution in [0.5, 0.6) is 0 Å². The van der Waals surface area contributed by atoms with Gasteiger partial charge in [-0.2, -0.15) is 4.31 Å². The smallest absolute Gasteiger partial charge is 0.243 e. The van der Waals surface area contributed by atoms with Crippen molar-refractivity contribution in [3.05, 3.63) is 53.6 Å². The largest absolute Gasteiger partial charge is 0.376 e. The SMILES string of the molecule is Cc1ccc(CNC(=O)CNc2cc(S(=O)(=O)N3CCCCC3)ccc2N(C)C)cc1. The molecule has 0 saturated carbocycles. The lowest BCUT2D eigenvalue weighted by molar-refractivity contribution is -0.119. The molecule has 1 amide bonds. The molecule has 0 aromatic heterocycles. The van der Waals surface area contributed by atoms with Crippen molar-refractivity contribution < 1.29 is 13.2 Å². The van der Waals surface area contributed by atoms with E-state index in [-0.39, 0.29) is 17.3 Å². The van der Waals surface area contributed by atoms with E-state index in [2.05, 4.69) is 10.6 Å². The Morgan fingerprint density at radius 1 is 1.03 bits per heavy atom. The van der Waals surface area contributed by atoms with Crippen LogP contribution in [0.2, 0.25) is 0 Å². The molecule has 0 aliphatic carbocycles. The van der Waals surface area contributed by atoms with Crippen LogP contribution in [-0.4, -0.2) is 52.4 Å². The fourth-order valence-electron chi connectivity index (χ4n) is 3.61. The minimum Gasteiger partial charge on any atom is -0.376 e. The number of rotatable bonds is 8. The highest BCUT2D eigenvalue weighted by Gasteiger charge is 2.26. The molecule has 1 heterocycles. The summed E-state index contributed by atoms with van der Waals surface area (Å²) in [5, 5.41) is 6.01. The summed E-state index contributed by atoms with van der Waals surface area (Å²) in [7, 11) is 0.230. The zero-order valence-corrected chi connectivity index (χ0v) is 19.3. The van der Waals surface area contributed by atoms with Crippen LogP contribution < -0.4 is 15.5 Å². The van der Waals surface area contributed by atoms with Gasteiger partial charge in [0.2, 0.25) is 15.9 Å². The van der Waals surface area contributed by atoms with E-state index in [0.717, 1.165) is 30.5 Å². The summed E-state index contributed by atoms with van der Waals surface area (Å²) in [4.78, 5) is 14.5. The van der Waals surface area contributed by atoms with Crippen LogP contribution in [0, 0.1) is 6.92 Å². The molecule has 31 heavy (non-hydrogen) atoms. The first kappa shape index (κ1) is 23.1. The summed E-state index contributed by atoms with van der Waals surface area (Å²) in [5.41, 5.74) is 3.65. The van der Waals surface area contributed by atoms with Crippen molar-refractivity contribution in [2.75, 3.05) is 43.9 Å². The first-order chi connectivity index (χ1) is 14.8. The summed E-state index contributed by atoms with van der Waals surface area (Å²) in [6.45, 7) is 3.64. The van der Waals surface area contributed by atoms with Crippen LogP contribution in [0.15, 0.2) is 47.4 Å². The number of anilines is 2. The van der Waals surface area contributed by atoms with Gasteiger partial charge in [0.15, 0.2) is 0 Å². The van der Waals surface area contributed by atoms with E-state index >= 15 is 0 Å². The molecule has 1 saturated heterocycles. The maximum absolute atomic E-state index is 13.0. The lowest BCUT2D eigenvalue weighted by Crippen LogP contribution is -2.35. The Hall–Kier alpha value is -2.58. The van der Waals surface area contributed by atoms with Gasteiger partial charge in [-0.1, -0.05) is 36.2 Å². The van der Waals surface area contributed by atoms with Gasteiger partial charge in [0.25, 0.3) is 0 Å². The van der Waals surface area contributed by atoms with Gasteiger partial charge in [-0.05, 0) is 43.5 Å². The second kappa shape index (κ2) is 10.2. The van der Waals surface area contributed by atoms with Gasteiger partial charge in [0, 0.05) is 33.7 Å². The molecule has 3 rings (SSSR count). The Labute approximate surface area is 185 Å². The number of amides is 1. The lowest BCUT2D eigenvalue weighted by Gasteiger charge is -2.27. The fourth-order valence-corrected chi connectivity index (χ4v) is 5.15.